The van der Waals surface area contributed by atoms with Gasteiger partial charge in [-0.25, -0.2) is 0 Å². The number of hydrogen-bond donors (Lipinski definition) is 2. The minimum Gasteiger partial charge on any atom is -0.494 e. The number of likely N-dealkylation sites (tertiary alicyclic amines) is 1. The number of amides is 2. The molecular weight excluding hydrogens is 554 g/mol. The first-order valence-electron chi connectivity index (χ1n) is 15.9. The minimum absolute atomic E-state index is 0.00983. The smallest absolute Gasteiger partial charge is 0.253 e. The minimum atomic E-state index is -0.578. The summed E-state index contributed by atoms with van der Waals surface area (Å²) in [7, 11) is 1.91. The van der Waals surface area contributed by atoms with Crippen molar-refractivity contribution in [3.05, 3.63) is 95.6 Å². The Balaban J connectivity index is 0.988. The van der Waals surface area contributed by atoms with E-state index < -0.39 is 12.2 Å². The summed E-state index contributed by atoms with van der Waals surface area (Å²) in [6.45, 7) is 2.76. The van der Waals surface area contributed by atoms with E-state index in [2.05, 4.69) is 6.07 Å². The highest BCUT2D eigenvalue weighted by Crippen LogP contribution is 2.32. The predicted octanol–water partition coefficient (Wildman–Crippen LogP) is 4.85. The number of piperidine rings is 1. The van der Waals surface area contributed by atoms with Gasteiger partial charge in [0.1, 0.15) is 5.75 Å². The van der Waals surface area contributed by atoms with Crippen LogP contribution in [-0.4, -0.2) is 83.8 Å². The lowest BCUT2D eigenvalue weighted by Gasteiger charge is -2.41. The Labute approximate surface area is 260 Å². The van der Waals surface area contributed by atoms with Crippen molar-refractivity contribution < 1.29 is 24.5 Å². The van der Waals surface area contributed by atoms with Crippen molar-refractivity contribution in [3.8, 4) is 5.75 Å². The fraction of sp³-hybridized carbons (Fsp3) is 0.444. The Bertz CT molecular complexity index is 1360. The van der Waals surface area contributed by atoms with Gasteiger partial charge in [-0.15, -0.1) is 0 Å². The molecule has 5 rings (SSSR count). The number of hydrogen-bond acceptors (Lipinski definition) is 6. The molecule has 2 atom stereocenters. The number of carbonyl (C=O) groups is 2. The fourth-order valence-corrected chi connectivity index (χ4v) is 6.33. The van der Waals surface area contributed by atoms with Crippen LogP contribution in [0.1, 0.15) is 66.1 Å². The number of rotatable bonds is 13. The molecule has 0 aromatic heterocycles. The van der Waals surface area contributed by atoms with E-state index in [-0.39, 0.29) is 17.9 Å². The summed E-state index contributed by atoms with van der Waals surface area (Å²) in [6.07, 6.45) is 4.15. The number of unbranched alkanes of at least 4 members (excludes halogenated alkanes) is 1. The maximum atomic E-state index is 13.2. The van der Waals surface area contributed by atoms with E-state index in [0.717, 1.165) is 49.1 Å². The lowest BCUT2D eigenvalue weighted by Crippen LogP contribution is -2.50. The van der Waals surface area contributed by atoms with Crippen LogP contribution in [0.3, 0.4) is 0 Å². The maximum Gasteiger partial charge on any atom is 0.253 e. The lowest BCUT2D eigenvalue weighted by atomic mass is 9.95. The molecule has 0 bridgehead atoms. The van der Waals surface area contributed by atoms with Gasteiger partial charge in [-0.3, -0.25) is 9.59 Å². The fourth-order valence-electron chi connectivity index (χ4n) is 6.33. The summed E-state index contributed by atoms with van der Waals surface area (Å²) in [6, 6.07) is 25.2. The van der Waals surface area contributed by atoms with E-state index in [9.17, 15) is 19.8 Å². The van der Waals surface area contributed by atoms with E-state index in [1.165, 1.54) is 5.56 Å². The summed E-state index contributed by atoms with van der Waals surface area (Å²) < 4.78 is 5.88. The molecule has 3 aromatic rings. The maximum absolute atomic E-state index is 13.2. The van der Waals surface area contributed by atoms with Crippen LogP contribution in [0.2, 0.25) is 0 Å². The Morgan fingerprint density at radius 3 is 2.36 bits per heavy atom. The molecular formula is C36H45N3O5. The molecule has 2 aliphatic rings. The van der Waals surface area contributed by atoms with E-state index in [1.807, 2.05) is 94.5 Å². The van der Waals surface area contributed by atoms with Gasteiger partial charge in [0.2, 0.25) is 5.91 Å². The quantitative estimate of drug-likeness (QED) is 0.273. The molecule has 8 heteroatoms. The molecule has 0 aliphatic carbocycles. The zero-order valence-corrected chi connectivity index (χ0v) is 25.7. The van der Waals surface area contributed by atoms with Crippen LogP contribution in [0.5, 0.6) is 5.75 Å². The molecule has 0 saturated carbocycles. The van der Waals surface area contributed by atoms with Crippen LogP contribution >= 0.6 is 0 Å². The molecule has 2 aliphatic heterocycles. The molecule has 8 nitrogen and oxygen atoms in total. The van der Waals surface area contributed by atoms with Crippen LogP contribution in [0.4, 0.5) is 5.69 Å². The van der Waals surface area contributed by atoms with Crippen LogP contribution in [0.25, 0.3) is 0 Å². The molecule has 2 unspecified atom stereocenters. The second kappa shape index (κ2) is 15.3. The SMILES string of the molecule is CN(CC(O)CCCCOc1ccc(C(=O)N2CCC(N3C(=O)CCc4ccccc43)CC2)cc1)CC(O)c1ccccc1. The van der Waals surface area contributed by atoms with Crippen LogP contribution in [0, 0.1) is 0 Å². The zero-order valence-electron chi connectivity index (χ0n) is 25.7. The third-order valence-corrected chi connectivity index (χ3v) is 8.74. The van der Waals surface area contributed by atoms with Crippen LogP contribution in [-0.2, 0) is 11.2 Å². The van der Waals surface area contributed by atoms with E-state index in [0.29, 0.717) is 51.2 Å². The van der Waals surface area contributed by atoms with Crippen molar-refractivity contribution in [2.45, 2.75) is 63.2 Å². The average Bonchev–Trinajstić information content (AvgIpc) is 3.05. The number of fused-ring (bicyclic) bond motifs is 1. The van der Waals surface area contributed by atoms with Crippen molar-refractivity contribution in [3.63, 3.8) is 0 Å². The molecule has 1 fully saturated rings. The van der Waals surface area contributed by atoms with Gasteiger partial charge >= 0.3 is 0 Å². The van der Waals surface area contributed by atoms with Gasteiger partial charge in [-0.1, -0.05) is 48.5 Å². The zero-order chi connectivity index (χ0) is 30.9. The molecule has 2 amide bonds. The van der Waals surface area contributed by atoms with E-state index in [4.69, 9.17) is 4.74 Å². The number of aliphatic hydroxyl groups is 2. The number of benzene rings is 3. The summed E-state index contributed by atoms with van der Waals surface area (Å²) in [5.41, 5.74) is 3.77. The average molecular weight is 600 g/mol. The van der Waals surface area contributed by atoms with Gasteiger partial charge in [0.25, 0.3) is 5.91 Å². The number of nitrogens with zero attached hydrogens (tertiary/aromatic N) is 3. The van der Waals surface area contributed by atoms with Gasteiger partial charge < -0.3 is 29.6 Å². The second-order valence-electron chi connectivity index (χ2n) is 12.1. The second-order valence-corrected chi connectivity index (χ2v) is 12.1. The van der Waals surface area contributed by atoms with E-state index >= 15 is 0 Å². The summed E-state index contributed by atoms with van der Waals surface area (Å²) in [5, 5.41) is 20.8. The number of likely N-dealkylation sites (N-methyl/N-ethyl adjacent to an activating group) is 1. The van der Waals surface area contributed by atoms with Gasteiger partial charge in [-0.2, -0.15) is 0 Å². The molecule has 3 aromatic carbocycles. The third kappa shape index (κ3) is 8.25. The van der Waals surface area contributed by atoms with Gasteiger partial charge in [0, 0.05) is 49.9 Å². The van der Waals surface area contributed by atoms with Crippen molar-refractivity contribution >= 4 is 17.5 Å². The first-order valence-corrected chi connectivity index (χ1v) is 15.9. The highest BCUT2D eigenvalue weighted by molar-refractivity contribution is 5.97. The molecule has 2 N–H and O–H groups in total. The monoisotopic (exact) mass is 599 g/mol. The topological polar surface area (TPSA) is 93.6 Å². The third-order valence-electron chi connectivity index (χ3n) is 8.74. The lowest BCUT2D eigenvalue weighted by molar-refractivity contribution is -0.119. The summed E-state index contributed by atoms with van der Waals surface area (Å²) >= 11 is 0. The van der Waals surface area contributed by atoms with Crippen LogP contribution in [0.15, 0.2) is 78.9 Å². The largest absolute Gasteiger partial charge is 0.494 e. The standard InChI is InChI=1S/C36H45N3O5/c1-37(26-34(41)28-10-3-2-4-11-28)25-31(40)12-7-8-24-44-32-17-14-29(15-18-32)36(43)38-22-20-30(21-23-38)39-33-13-6-5-9-27(33)16-19-35(39)42/h2-6,9-11,13-15,17-18,30-31,34,40-41H,7-8,12,16,19-26H2,1H3. The number of para-hydroxylation sites is 1. The van der Waals surface area contributed by atoms with Gasteiger partial charge in [0.15, 0.2) is 0 Å². The Kier molecular flexibility index (Phi) is 11.0. The number of aryl methyl sites for hydroxylation is 1. The number of anilines is 1. The molecule has 1 saturated heterocycles. The highest BCUT2D eigenvalue weighted by Gasteiger charge is 2.33. The van der Waals surface area contributed by atoms with E-state index in [1.54, 1.807) is 0 Å². The molecule has 2 heterocycles. The van der Waals surface area contributed by atoms with Gasteiger partial charge in [-0.05, 0) is 87.0 Å². The van der Waals surface area contributed by atoms with Crippen molar-refractivity contribution in [2.75, 3.05) is 44.7 Å². The van der Waals surface area contributed by atoms with Crippen molar-refractivity contribution in [1.82, 2.24) is 9.80 Å². The summed E-state index contributed by atoms with van der Waals surface area (Å²) in [5.74, 6) is 0.913. The predicted molar refractivity (Wildman–Crippen MR) is 172 cm³/mol. The first kappa shape index (κ1) is 31.7. The van der Waals surface area contributed by atoms with Gasteiger partial charge in [0.05, 0.1) is 18.8 Å². The van der Waals surface area contributed by atoms with Crippen molar-refractivity contribution in [1.29, 1.82) is 0 Å². The highest BCUT2D eigenvalue weighted by atomic mass is 16.5. The number of ether oxygens (including phenoxy) is 1. The Morgan fingerprint density at radius 2 is 1.61 bits per heavy atom. The molecule has 0 radical (unpaired) electrons. The Hall–Kier alpha value is -3.72. The Morgan fingerprint density at radius 1 is 0.909 bits per heavy atom. The molecule has 44 heavy (non-hydrogen) atoms. The normalized spacial score (nSPS) is 17.0. The van der Waals surface area contributed by atoms with Crippen LogP contribution < -0.4 is 9.64 Å². The van der Waals surface area contributed by atoms with Crippen molar-refractivity contribution in [2.24, 2.45) is 0 Å². The summed E-state index contributed by atoms with van der Waals surface area (Å²) in [4.78, 5) is 31.8. The molecule has 234 valence electrons. The number of carbonyl (C=O) groups excluding carboxylic acids is 2. The molecule has 0 spiro atoms. The number of aliphatic hydroxyl groups excluding tert-OH is 2. The first-order chi connectivity index (χ1) is 21.4.